The van der Waals surface area contributed by atoms with Crippen LogP contribution in [0.4, 0.5) is 4.79 Å². The SMILES string of the molecule is CC(CCCNC(=O)NCCn1cccn1)C(=O)O. The maximum absolute atomic E-state index is 11.4. The Hall–Kier alpha value is -2.05. The van der Waals surface area contributed by atoms with Crippen molar-refractivity contribution in [3.8, 4) is 0 Å². The number of aliphatic carboxylic acids is 1. The summed E-state index contributed by atoms with van der Waals surface area (Å²) in [4.78, 5) is 22.0. The Labute approximate surface area is 112 Å². The van der Waals surface area contributed by atoms with Crippen molar-refractivity contribution < 1.29 is 14.7 Å². The molecule has 106 valence electrons. The van der Waals surface area contributed by atoms with Crippen molar-refractivity contribution >= 4 is 12.0 Å². The number of hydrogen-bond acceptors (Lipinski definition) is 3. The van der Waals surface area contributed by atoms with E-state index in [-0.39, 0.29) is 11.9 Å². The highest BCUT2D eigenvalue weighted by Gasteiger charge is 2.09. The Morgan fingerprint density at radius 2 is 2.11 bits per heavy atom. The van der Waals surface area contributed by atoms with Crippen LogP contribution in [-0.4, -0.2) is 40.0 Å². The number of aromatic nitrogens is 2. The number of amides is 2. The Balaban J connectivity index is 2.00. The summed E-state index contributed by atoms with van der Waals surface area (Å²) in [5.74, 6) is -1.17. The third-order valence-electron chi connectivity index (χ3n) is 2.71. The first-order valence-electron chi connectivity index (χ1n) is 6.31. The number of hydrogen-bond donors (Lipinski definition) is 3. The highest BCUT2D eigenvalue weighted by atomic mass is 16.4. The van der Waals surface area contributed by atoms with E-state index in [4.69, 9.17) is 5.11 Å². The van der Waals surface area contributed by atoms with Crippen LogP contribution < -0.4 is 10.6 Å². The lowest BCUT2D eigenvalue weighted by atomic mass is 10.1. The molecule has 0 aromatic carbocycles. The molecule has 1 aromatic rings. The van der Waals surface area contributed by atoms with Gasteiger partial charge in [0, 0.05) is 25.5 Å². The Morgan fingerprint density at radius 1 is 1.37 bits per heavy atom. The maximum atomic E-state index is 11.4. The van der Waals surface area contributed by atoms with Crippen molar-refractivity contribution in [1.82, 2.24) is 20.4 Å². The Bertz CT molecular complexity index is 392. The van der Waals surface area contributed by atoms with Gasteiger partial charge in [0.2, 0.25) is 0 Å². The van der Waals surface area contributed by atoms with Gasteiger partial charge in [-0.05, 0) is 18.9 Å². The van der Waals surface area contributed by atoms with Crippen LogP contribution in [0.5, 0.6) is 0 Å². The van der Waals surface area contributed by atoms with Gasteiger partial charge in [0.05, 0.1) is 12.5 Å². The van der Waals surface area contributed by atoms with E-state index in [1.165, 1.54) is 0 Å². The van der Waals surface area contributed by atoms with Crippen molar-refractivity contribution in [3.05, 3.63) is 18.5 Å². The third kappa shape index (κ3) is 6.44. The molecule has 0 spiro atoms. The molecule has 1 aromatic heterocycles. The number of rotatable bonds is 8. The first kappa shape index (κ1) is 15.0. The number of carbonyl (C=O) groups excluding carboxylic acids is 1. The Morgan fingerprint density at radius 3 is 2.74 bits per heavy atom. The lowest BCUT2D eigenvalue weighted by Gasteiger charge is -2.09. The number of nitrogens with one attached hydrogen (secondary N) is 2. The number of carbonyl (C=O) groups is 2. The molecule has 7 nitrogen and oxygen atoms in total. The normalized spacial score (nSPS) is 11.8. The molecule has 0 saturated carbocycles. The van der Waals surface area contributed by atoms with Gasteiger partial charge in [0.1, 0.15) is 0 Å². The molecule has 2 amide bonds. The van der Waals surface area contributed by atoms with E-state index in [1.54, 1.807) is 17.8 Å². The summed E-state index contributed by atoms with van der Waals surface area (Å²) in [6.45, 7) is 3.26. The van der Waals surface area contributed by atoms with Gasteiger partial charge in [-0.25, -0.2) is 4.79 Å². The first-order valence-corrected chi connectivity index (χ1v) is 6.31. The van der Waals surface area contributed by atoms with E-state index in [0.29, 0.717) is 32.5 Å². The van der Waals surface area contributed by atoms with Gasteiger partial charge in [-0.2, -0.15) is 5.10 Å². The maximum Gasteiger partial charge on any atom is 0.314 e. The van der Waals surface area contributed by atoms with Gasteiger partial charge in [-0.1, -0.05) is 6.92 Å². The summed E-state index contributed by atoms with van der Waals surface area (Å²) in [6.07, 6.45) is 4.72. The third-order valence-corrected chi connectivity index (χ3v) is 2.71. The molecule has 0 radical (unpaired) electrons. The molecule has 0 aliphatic carbocycles. The zero-order valence-electron chi connectivity index (χ0n) is 11.0. The summed E-state index contributed by atoms with van der Waals surface area (Å²) in [6, 6.07) is 1.58. The average Bonchev–Trinajstić information content (AvgIpc) is 2.87. The molecule has 0 bridgehead atoms. The van der Waals surface area contributed by atoms with Crippen molar-refractivity contribution in [1.29, 1.82) is 0 Å². The van der Waals surface area contributed by atoms with Crippen molar-refractivity contribution in [2.45, 2.75) is 26.3 Å². The molecule has 3 N–H and O–H groups in total. The lowest BCUT2D eigenvalue weighted by Crippen LogP contribution is -2.37. The van der Waals surface area contributed by atoms with Gasteiger partial charge in [0.15, 0.2) is 0 Å². The van der Waals surface area contributed by atoms with E-state index < -0.39 is 5.97 Å². The summed E-state index contributed by atoms with van der Waals surface area (Å²) >= 11 is 0. The van der Waals surface area contributed by atoms with E-state index in [9.17, 15) is 9.59 Å². The first-order chi connectivity index (χ1) is 9.09. The number of carboxylic acids is 1. The molecule has 0 aliphatic heterocycles. The molecule has 0 aliphatic rings. The van der Waals surface area contributed by atoms with Crippen LogP contribution in [0.3, 0.4) is 0 Å². The van der Waals surface area contributed by atoms with Crippen molar-refractivity contribution in [2.75, 3.05) is 13.1 Å². The van der Waals surface area contributed by atoms with Gasteiger partial charge < -0.3 is 15.7 Å². The van der Waals surface area contributed by atoms with Crippen LogP contribution in [-0.2, 0) is 11.3 Å². The second kappa shape index (κ2) is 8.12. The molecule has 1 rings (SSSR count). The zero-order chi connectivity index (χ0) is 14.1. The van der Waals surface area contributed by atoms with E-state index in [2.05, 4.69) is 15.7 Å². The fourth-order valence-electron chi connectivity index (χ4n) is 1.51. The van der Waals surface area contributed by atoms with Crippen LogP contribution in [0.1, 0.15) is 19.8 Å². The second-order valence-electron chi connectivity index (χ2n) is 4.33. The fraction of sp³-hybridized carbons (Fsp3) is 0.583. The van der Waals surface area contributed by atoms with Gasteiger partial charge in [-0.3, -0.25) is 9.48 Å². The quantitative estimate of drug-likeness (QED) is 0.604. The summed E-state index contributed by atoms with van der Waals surface area (Å²) < 4.78 is 1.73. The van der Waals surface area contributed by atoms with E-state index in [0.717, 1.165) is 0 Å². The Kier molecular flexibility index (Phi) is 6.42. The highest BCUT2D eigenvalue weighted by Crippen LogP contribution is 2.03. The average molecular weight is 268 g/mol. The fourth-order valence-corrected chi connectivity index (χ4v) is 1.51. The summed E-state index contributed by atoms with van der Waals surface area (Å²) in [7, 11) is 0. The predicted octanol–water partition coefficient (Wildman–Crippen LogP) is 0.683. The molecule has 19 heavy (non-hydrogen) atoms. The van der Waals surface area contributed by atoms with E-state index >= 15 is 0 Å². The summed E-state index contributed by atoms with van der Waals surface area (Å²) in [5, 5.41) is 18.1. The van der Waals surface area contributed by atoms with Crippen LogP contribution in [0.15, 0.2) is 18.5 Å². The van der Waals surface area contributed by atoms with Gasteiger partial charge >= 0.3 is 12.0 Å². The molecule has 1 heterocycles. The molecule has 1 unspecified atom stereocenters. The second-order valence-corrected chi connectivity index (χ2v) is 4.33. The zero-order valence-corrected chi connectivity index (χ0v) is 11.0. The minimum atomic E-state index is -0.802. The van der Waals surface area contributed by atoms with Crippen molar-refractivity contribution in [3.63, 3.8) is 0 Å². The number of carboxylic acid groups (broad SMARTS) is 1. The number of nitrogens with zero attached hydrogens (tertiary/aromatic N) is 2. The van der Waals surface area contributed by atoms with Crippen LogP contribution in [0.25, 0.3) is 0 Å². The summed E-state index contributed by atoms with van der Waals surface area (Å²) in [5.41, 5.74) is 0. The van der Waals surface area contributed by atoms with Gasteiger partial charge in [0.25, 0.3) is 0 Å². The van der Waals surface area contributed by atoms with Crippen LogP contribution in [0, 0.1) is 5.92 Å². The smallest absolute Gasteiger partial charge is 0.314 e. The molecular formula is C12H20N4O3. The molecule has 0 saturated heterocycles. The topological polar surface area (TPSA) is 96.3 Å². The lowest BCUT2D eigenvalue weighted by molar-refractivity contribution is -0.141. The predicted molar refractivity (Wildman–Crippen MR) is 69.7 cm³/mol. The molecule has 7 heteroatoms. The van der Waals surface area contributed by atoms with Crippen LogP contribution in [0.2, 0.25) is 0 Å². The monoisotopic (exact) mass is 268 g/mol. The molecule has 0 fully saturated rings. The minimum Gasteiger partial charge on any atom is -0.481 e. The molecule has 1 atom stereocenters. The molecular weight excluding hydrogens is 248 g/mol. The number of urea groups is 1. The van der Waals surface area contributed by atoms with E-state index in [1.807, 2.05) is 12.3 Å². The van der Waals surface area contributed by atoms with Gasteiger partial charge in [-0.15, -0.1) is 0 Å². The highest BCUT2D eigenvalue weighted by molar-refractivity contribution is 5.73. The largest absolute Gasteiger partial charge is 0.481 e. The minimum absolute atomic E-state index is 0.241. The standard InChI is InChI=1S/C12H20N4O3/c1-10(11(17)18)4-2-5-13-12(19)14-7-9-16-8-3-6-15-16/h3,6,8,10H,2,4-5,7,9H2,1H3,(H,17,18)(H2,13,14,19). The van der Waals surface area contributed by atoms with Crippen LogP contribution >= 0.6 is 0 Å². The van der Waals surface area contributed by atoms with Crippen molar-refractivity contribution in [2.24, 2.45) is 5.92 Å².